The normalized spacial score (nSPS) is 12.4. The lowest BCUT2D eigenvalue weighted by Gasteiger charge is -2.20. The Balaban J connectivity index is 1.60. The predicted octanol–water partition coefficient (Wildman–Crippen LogP) is 4.03. The summed E-state index contributed by atoms with van der Waals surface area (Å²) in [6.45, 7) is 1.24. The highest BCUT2D eigenvalue weighted by Crippen LogP contribution is 2.16. The summed E-state index contributed by atoms with van der Waals surface area (Å²) in [7, 11) is -3.63. The lowest BCUT2D eigenvalue weighted by Crippen LogP contribution is -2.36. The monoisotopic (exact) mass is 430 g/mol. The second-order valence-corrected chi connectivity index (χ2v) is 8.59. The second kappa shape index (κ2) is 10.4. The molecule has 0 aromatic heterocycles. The summed E-state index contributed by atoms with van der Waals surface area (Å²) in [6.07, 6.45) is 0. The number of nitrogens with one attached hydrogen (secondary N) is 2. The molecule has 1 unspecified atom stereocenters. The molecule has 3 aromatic rings. The highest BCUT2D eigenvalue weighted by molar-refractivity contribution is 7.89. The molecular formula is C22H23ClN2O3S. The number of sulfonamides is 1. The highest BCUT2D eigenvalue weighted by atomic mass is 35.5. The van der Waals surface area contributed by atoms with Crippen LogP contribution in [0.2, 0.25) is 5.02 Å². The highest BCUT2D eigenvalue weighted by Gasteiger charge is 2.18. The Hall–Kier alpha value is -2.38. The van der Waals surface area contributed by atoms with Crippen molar-refractivity contribution in [2.45, 2.75) is 10.9 Å². The van der Waals surface area contributed by atoms with Crippen molar-refractivity contribution >= 4 is 21.6 Å². The van der Waals surface area contributed by atoms with Crippen LogP contribution >= 0.6 is 11.6 Å². The largest absolute Gasteiger partial charge is 0.492 e. The molecule has 0 saturated heterocycles. The number of ether oxygens (including phenoxy) is 1. The molecule has 1 atom stereocenters. The van der Waals surface area contributed by atoms with E-state index < -0.39 is 10.0 Å². The molecule has 0 radical (unpaired) electrons. The summed E-state index contributed by atoms with van der Waals surface area (Å²) < 4.78 is 33.6. The summed E-state index contributed by atoms with van der Waals surface area (Å²) in [6, 6.07) is 25.2. The average Bonchev–Trinajstić information content (AvgIpc) is 2.75. The van der Waals surface area contributed by atoms with Crippen LogP contribution in [-0.4, -0.2) is 28.1 Å². The number of hydrogen-bond donors (Lipinski definition) is 2. The standard InChI is InChI=1S/C22H23ClN2O3S/c23-19-11-13-21(14-12-19)29(26,27)25-17-22(18-7-3-1-4-8-18)24-15-16-28-20-9-5-2-6-10-20/h1-14,22,24-25H,15-17H2. The fraction of sp³-hybridized carbons (Fsp3) is 0.182. The molecule has 0 saturated carbocycles. The van der Waals surface area contributed by atoms with Crippen LogP contribution in [-0.2, 0) is 10.0 Å². The lowest BCUT2D eigenvalue weighted by molar-refractivity contribution is 0.305. The smallest absolute Gasteiger partial charge is 0.240 e. The van der Waals surface area contributed by atoms with Crippen molar-refractivity contribution in [2.24, 2.45) is 0 Å². The molecule has 3 rings (SSSR count). The van der Waals surface area contributed by atoms with Crippen molar-refractivity contribution in [1.29, 1.82) is 0 Å². The van der Waals surface area contributed by atoms with Gasteiger partial charge in [-0.05, 0) is 42.0 Å². The Bertz CT molecular complexity index is 982. The Morgan fingerprint density at radius 1 is 0.862 bits per heavy atom. The van der Waals surface area contributed by atoms with E-state index in [9.17, 15) is 8.42 Å². The van der Waals surface area contributed by atoms with Gasteiger partial charge in [-0.15, -0.1) is 0 Å². The molecule has 0 bridgehead atoms. The van der Waals surface area contributed by atoms with Crippen LogP contribution in [0.4, 0.5) is 0 Å². The van der Waals surface area contributed by atoms with Crippen molar-refractivity contribution in [3.8, 4) is 5.75 Å². The molecule has 152 valence electrons. The van der Waals surface area contributed by atoms with Gasteiger partial charge in [-0.3, -0.25) is 0 Å². The minimum absolute atomic E-state index is 0.182. The van der Waals surface area contributed by atoms with Crippen molar-refractivity contribution in [2.75, 3.05) is 19.7 Å². The number of hydrogen-bond acceptors (Lipinski definition) is 4. The van der Waals surface area contributed by atoms with Gasteiger partial charge in [0.2, 0.25) is 10.0 Å². The van der Waals surface area contributed by atoms with Gasteiger partial charge in [-0.1, -0.05) is 60.1 Å². The van der Waals surface area contributed by atoms with E-state index in [0.717, 1.165) is 11.3 Å². The third-order valence-corrected chi connectivity index (χ3v) is 6.00. The molecule has 7 heteroatoms. The molecule has 0 heterocycles. The zero-order valence-electron chi connectivity index (χ0n) is 15.8. The van der Waals surface area contributed by atoms with Gasteiger partial charge in [0.25, 0.3) is 0 Å². The summed E-state index contributed by atoms with van der Waals surface area (Å²) >= 11 is 5.85. The van der Waals surface area contributed by atoms with Crippen LogP contribution in [0.5, 0.6) is 5.75 Å². The topological polar surface area (TPSA) is 67.4 Å². The van der Waals surface area contributed by atoms with Gasteiger partial charge in [0.15, 0.2) is 0 Å². The minimum Gasteiger partial charge on any atom is -0.492 e. The number of halogens is 1. The second-order valence-electron chi connectivity index (χ2n) is 6.38. The molecule has 0 spiro atoms. The molecule has 0 aliphatic heterocycles. The van der Waals surface area contributed by atoms with Gasteiger partial charge in [-0.2, -0.15) is 0 Å². The first-order valence-corrected chi connectivity index (χ1v) is 11.1. The summed E-state index contributed by atoms with van der Waals surface area (Å²) in [5.41, 5.74) is 0.992. The molecule has 29 heavy (non-hydrogen) atoms. The van der Waals surface area contributed by atoms with Crippen LogP contribution in [0.3, 0.4) is 0 Å². The maximum Gasteiger partial charge on any atom is 0.240 e. The average molecular weight is 431 g/mol. The Morgan fingerprint density at radius 3 is 2.14 bits per heavy atom. The maximum absolute atomic E-state index is 12.6. The molecule has 0 fully saturated rings. The van der Waals surface area contributed by atoms with E-state index in [-0.39, 0.29) is 17.5 Å². The lowest BCUT2D eigenvalue weighted by atomic mass is 10.1. The van der Waals surface area contributed by atoms with Crippen molar-refractivity contribution < 1.29 is 13.2 Å². The quantitative estimate of drug-likeness (QED) is 0.476. The van der Waals surface area contributed by atoms with Gasteiger partial charge >= 0.3 is 0 Å². The molecule has 2 N–H and O–H groups in total. The first kappa shape index (κ1) is 21.3. The molecule has 0 aliphatic rings. The van der Waals surface area contributed by atoms with E-state index >= 15 is 0 Å². The third kappa shape index (κ3) is 6.58. The van der Waals surface area contributed by atoms with Crippen LogP contribution in [0, 0.1) is 0 Å². The van der Waals surface area contributed by atoms with E-state index in [2.05, 4.69) is 10.0 Å². The first-order valence-electron chi connectivity index (χ1n) is 9.26. The van der Waals surface area contributed by atoms with Gasteiger partial charge in [0.1, 0.15) is 12.4 Å². The zero-order chi connectivity index (χ0) is 20.5. The van der Waals surface area contributed by atoms with E-state index in [1.165, 1.54) is 12.1 Å². The van der Waals surface area contributed by atoms with Crippen molar-refractivity contribution in [3.63, 3.8) is 0 Å². The van der Waals surface area contributed by atoms with Gasteiger partial charge in [0.05, 0.1) is 4.90 Å². The van der Waals surface area contributed by atoms with Gasteiger partial charge in [-0.25, -0.2) is 13.1 Å². The molecule has 0 aliphatic carbocycles. The fourth-order valence-corrected chi connectivity index (χ4v) is 3.98. The van der Waals surface area contributed by atoms with Crippen LogP contribution in [0.25, 0.3) is 0 Å². The number of rotatable bonds is 10. The molecular weight excluding hydrogens is 408 g/mol. The summed E-state index contributed by atoms with van der Waals surface area (Å²) in [5.74, 6) is 0.800. The van der Waals surface area contributed by atoms with E-state index in [1.54, 1.807) is 12.1 Å². The first-order chi connectivity index (χ1) is 14.0. The van der Waals surface area contributed by atoms with Crippen LogP contribution in [0.1, 0.15) is 11.6 Å². The maximum atomic E-state index is 12.6. The minimum atomic E-state index is -3.63. The van der Waals surface area contributed by atoms with E-state index in [0.29, 0.717) is 18.2 Å². The van der Waals surface area contributed by atoms with Crippen LogP contribution < -0.4 is 14.8 Å². The summed E-state index contributed by atoms with van der Waals surface area (Å²) in [4.78, 5) is 0.182. The number of benzene rings is 3. The van der Waals surface area contributed by atoms with E-state index in [1.807, 2.05) is 60.7 Å². The molecule has 0 amide bonds. The Labute approximate surface area is 176 Å². The fourth-order valence-electron chi connectivity index (χ4n) is 2.80. The van der Waals surface area contributed by atoms with Gasteiger partial charge < -0.3 is 10.1 Å². The Kier molecular flexibility index (Phi) is 7.66. The van der Waals surface area contributed by atoms with Crippen molar-refractivity contribution in [1.82, 2.24) is 10.0 Å². The number of para-hydroxylation sites is 1. The zero-order valence-corrected chi connectivity index (χ0v) is 17.4. The third-order valence-electron chi connectivity index (χ3n) is 4.31. The SMILES string of the molecule is O=S(=O)(NCC(NCCOc1ccccc1)c1ccccc1)c1ccc(Cl)cc1. The Morgan fingerprint density at radius 2 is 1.48 bits per heavy atom. The predicted molar refractivity (Wildman–Crippen MR) is 116 cm³/mol. The van der Waals surface area contributed by atoms with Crippen LogP contribution in [0.15, 0.2) is 89.8 Å². The summed E-state index contributed by atoms with van der Waals surface area (Å²) in [5, 5.41) is 3.86. The van der Waals surface area contributed by atoms with E-state index in [4.69, 9.17) is 16.3 Å². The molecule has 3 aromatic carbocycles. The molecule has 5 nitrogen and oxygen atoms in total. The van der Waals surface area contributed by atoms with Gasteiger partial charge in [0, 0.05) is 24.2 Å². The van der Waals surface area contributed by atoms with Crippen molar-refractivity contribution in [3.05, 3.63) is 95.5 Å².